The second-order valence-corrected chi connectivity index (χ2v) is 5.67. The Morgan fingerprint density at radius 1 is 1.15 bits per heavy atom. The lowest BCUT2D eigenvalue weighted by Crippen LogP contribution is -2.31. The predicted molar refractivity (Wildman–Crippen MR) is 84.1 cm³/mol. The maximum Gasteiger partial charge on any atom is 0.158 e. The van der Waals surface area contributed by atoms with Crippen LogP contribution < -0.4 is 10.6 Å². The van der Waals surface area contributed by atoms with Crippen LogP contribution in [0.3, 0.4) is 0 Å². The third-order valence-electron chi connectivity index (χ3n) is 2.94. The van der Waals surface area contributed by atoms with Gasteiger partial charge in [0.2, 0.25) is 0 Å². The zero-order chi connectivity index (χ0) is 15.0. The molecule has 1 aromatic heterocycles. The Balaban J connectivity index is 2.89. The molecule has 0 spiro atoms. The molecule has 0 saturated carbocycles. The van der Waals surface area contributed by atoms with Crippen LogP contribution in [0.5, 0.6) is 0 Å². The summed E-state index contributed by atoms with van der Waals surface area (Å²) in [5.74, 6) is 2.40. The second kappa shape index (κ2) is 8.04. The Labute approximate surface area is 122 Å². The molecule has 0 atom stereocenters. The number of nitrogens with one attached hydrogen (secondary N) is 2. The van der Waals surface area contributed by atoms with Crippen molar-refractivity contribution in [3.8, 4) is 0 Å². The van der Waals surface area contributed by atoms with E-state index >= 15 is 0 Å². The second-order valence-electron chi connectivity index (χ2n) is 5.67. The number of ether oxygens (including phenoxy) is 1. The Morgan fingerprint density at radius 2 is 1.85 bits per heavy atom. The third kappa shape index (κ3) is 5.74. The monoisotopic (exact) mass is 280 g/mol. The first kappa shape index (κ1) is 16.7. The number of anilines is 2. The van der Waals surface area contributed by atoms with Crippen LogP contribution in [0.25, 0.3) is 0 Å². The van der Waals surface area contributed by atoms with E-state index in [2.05, 4.69) is 48.3 Å². The molecule has 0 fully saturated rings. The molecule has 1 heterocycles. The van der Waals surface area contributed by atoms with Crippen molar-refractivity contribution in [2.45, 2.75) is 59.1 Å². The Morgan fingerprint density at radius 3 is 2.45 bits per heavy atom. The van der Waals surface area contributed by atoms with E-state index in [-0.39, 0.29) is 5.54 Å². The summed E-state index contributed by atoms with van der Waals surface area (Å²) >= 11 is 0. The van der Waals surface area contributed by atoms with Crippen LogP contribution in [-0.2, 0) is 11.3 Å². The first-order chi connectivity index (χ1) is 9.50. The minimum atomic E-state index is 0.0233. The Bertz CT molecular complexity index is 407. The zero-order valence-corrected chi connectivity index (χ0v) is 13.4. The molecule has 1 aromatic rings. The summed E-state index contributed by atoms with van der Waals surface area (Å²) in [6.45, 7) is 10.0. The van der Waals surface area contributed by atoms with Gasteiger partial charge in [-0.2, -0.15) is 0 Å². The molecule has 0 saturated heterocycles. The van der Waals surface area contributed by atoms with Crippen molar-refractivity contribution in [2.75, 3.05) is 24.3 Å². The van der Waals surface area contributed by atoms with Gasteiger partial charge in [0.1, 0.15) is 18.2 Å². The average Bonchev–Trinajstić information content (AvgIpc) is 2.35. The highest BCUT2D eigenvalue weighted by Crippen LogP contribution is 2.20. The number of methoxy groups -OCH3 is 1. The molecule has 0 aromatic carbocycles. The highest BCUT2D eigenvalue weighted by Gasteiger charge is 2.17. The maximum absolute atomic E-state index is 5.14. The largest absolute Gasteiger partial charge is 0.377 e. The summed E-state index contributed by atoms with van der Waals surface area (Å²) < 4.78 is 5.14. The van der Waals surface area contributed by atoms with Crippen LogP contribution in [0.2, 0.25) is 0 Å². The minimum Gasteiger partial charge on any atom is -0.377 e. The van der Waals surface area contributed by atoms with Crippen LogP contribution >= 0.6 is 0 Å². The summed E-state index contributed by atoms with van der Waals surface area (Å²) in [5, 5.41) is 6.79. The van der Waals surface area contributed by atoms with Gasteiger partial charge in [0.05, 0.1) is 0 Å². The molecule has 1 rings (SSSR count). The Kier molecular flexibility index (Phi) is 6.71. The fourth-order valence-electron chi connectivity index (χ4n) is 2.13. The van der Waals surface area contributed by atoms with E-state index < -0.39 is 0 Å². The SMILES string of the molecule is CCCNc1cc(NC(C)(C)CCC)nc(COC)n1. The fourth-order valence-corrected chi connectivity index (χ4v) is 2.13. The van der Waals surface area contributed by atoms with E-state index in [0.29, 0.717) is 12.4 Å². The van der Waals surface area contributed by atoms with Crippen molar-refractivity contribution in [2.24, 2.45) is 0 Å². The fraction of sp³-hybridized carbons (Fsp3) is 0.733. The summed E-state index contributed by atoms with van der Waals surface area (Å²) in [4.78, 5) is 8.96. The van der Waals surface area contributed by atoms with Gasteiger partial charge in [-0.15, -0.1) is 0 Å². The summed E-state index contributed by atoms with van der Waals surface area (Å²) in [6.07, 6.45) is 3.29. The highest BCUT2D eigenvalue weighted by atomic mass is 16.5. The molecule has 2 N–H and O–H groups in total. The van der Waals surface area contributed by atoms with Gasteiger partial charge in [-0.3, -0.25) is 0 Å². The van der Waals surface area contributed by atoms with Crippen molar-refractivity contribution in [1.82, 2.24) is 9.97 Å². The molecular formula is C15H28N4O. The quantitative estimate of drug-likeness (QED) is 0.725. The van der Waals surface area contributed by atoms with Gasteiger partial charge < -0.3 is 15.4 Å². The molecule has 0 aliphatic heterocycles. The molecule has 5 heteroatoms. The van der Waals surface area contributed by atoms with Crippen molar-refractivity contribution >= 4 is 11.6 Å². The molecule has 20 heavy (non-hydrogen) atoms. The summed E-state index contributed by atoms with van der Waals surface area (Å²) in [6, 6.07) is 1.96. The normalized spacial score (nSPS) is 11.4. The number of aromatic nitrogens is 2. The van der Waals surface area contributed by atoms with E-state index in [4.69, 9.17) is 4.74 Å². The van der Waals surface area contributed by atoms with Crippen LogP contribution in [0.4, 0.5) is 11.6 Å². The Hall–Kier alpha value is -1.36. The molecule has 0 unspecified atom stereocenters. The summed E-state index contributed by atoms with van der Waals surface area (Å²) in [5.41, 5.74) is 0.0233. The number of nitrogens with zero attached hydrogens (tertiary/aromatic N) is 2. The molecule has 5 nitrogen and oxygen atoms in total. The highest BCUT2D eigenvalue weighted by molar-refractivity contribution is 5.48. The maximum atomic E-state index is 5.14. The molecule has 0 radical (unpaired) electrons. The number of hydrogen-bond acceptors (Lipinski definition) is 5. The summed E-state index contributed by atoms with van der Waals surface area (Å²) in [7, 11) is 1.66. The zero-order valence-electron chi connectivity index (χ0n) is 13.4. The number of hydrogen-bond donors (Lipinski definition) is 2. The van der Waals surface area contributed by atoms with Gasteiger partial charge in [-0.25, -0.2) is 9.97 Å². The average molecular weight is 280 g/mol. The van der Waals surface area contributed by atoms with E-state index in [1.54, 1.807) is 7.11 Å². The lowest BCUT2D eigenvalue weighted by atomic mass is 9.99. The smallest absolute Gasteiger partial charge is 0.158 e. The van der Waals surface area contributed by atoms with Crippen molar-refractivity contribution in [3.05, 3.63) is 11.9 Å². The van der Waals surface area contributed by atoms with Crippen LogP contribution in [0, 0.1) is 0 Å². The van der Waals surface area contributed by atoms with Gasteiger partial charge in [-0.1, -0.05) is 20.3 Å². The first-order valence-corrected chi connectivity index (χ1v) is 7.39. The molecule has 0 aliphatic rings. The van der Waals surface area contributed by atoms with Gasteiger partial charge in [0.25, 0.3) is 0 Å². The standard InChI is InChI=1S/C15H28N4O/c1-6-8-15(3,4)19-13-10-12(16-9-7-2)17-14(18-13)11-20-5/h10H,6-9,11H2,1-5H3,(H2,16,17,18,19). The third-order valence-corrected chi connectivity index (χ3v) is 2.94. The molecular weight excluding hydrogens is 252 g/mol. The van der Waals surface area contributed by atoms with Crippen LogP contribution in [0.15, 0.2) is 6.07 Å². The van der Waals surface area contributed by atoms with Crippen molar-refractivity contribution in [3.63, 3.8) is 0 Å². The minimum absolute atomic E-state index is 0.0233. The van der Waals surface area contributed by atoms with E-state index in [1.165, 1.54) is 0 Å². The van der Waals surface area contributed by atoms with Crippen LogP contribution in [-0.4, -0.2) is 29.2 Å². The first-order valence-electron chi connectivity index (χ1n) is 7.39. The van der Waals surface area contributed by atoms with Crippen molar-refractivity contribution in [1.29, 1.82) is 0 Å². The van der Waals surface area contributed by atoms with E-state index in [9.17, 15) is 0 Å². The van der Waals surface area contributed by atoms with Gasteiger partial charge in [-0.05, 0) is 26.7 Å². The predicted octanol–water partition coefficient (Wildman–Crippen LogP) is 3.44. The van der Waals surface area contributed by atoms with Gasteiger partial charge >= 0.3 is 0 Å². The molecule has 0 amide bonds. The van der Waals surface area contributed by atoms with E-state index in [0.717, 1.165) is 37.4 Å². The van der Waals surface area contributed by atoms with E-state index in [1.807, 2.05) is 6.07 Å². The van der Waals surface area contributed by atoms with Gasteiger partial charge in [0.15, 0.2) is 5.82 Å². The lowest BCUT2D eigenvalue weighted by molar-refractivity contribution is 0.178. The van der Waals surface area contributed by atoms with Crippen molar-refractivity contribution < 1.29 is 4.74 Å². The lowest BCUT2D eigenvalue weighted by Gasteiger charge is -2.26. The topological polar surface area (TPSA) is 59.1 Å². The molecule has 0 aliphatic carbocycles. The molecule has 114 valence electrons. The van der Waals surface area contributed by atoms with Crippen LogP contribution in [0.1, 0.15) is 52.8 Å². The number of rotatable bonds is 9. The molecule has 0 bridgehead atoms. The van der Waals surface area contributed by atoms with Gasteiger partial charge in [0, 0.05) is 25.3 Å².